The lowest BCUT2D eigenvalue weighted by Gasteiger charge is -2.17. The maximum Gasteiger partial charge on any atom is 0.376 e. The van der Waals surface area contributed by atoms with Gasteiger partial charge in [0.05, 0.1) is 13.2 Å². The summed E-state index contributed by atoms with van der Waals surface area (Å²) in [5.74, 6) is -6.32. The van der Waals surface area contributed by atoms with Crippen molar-refractivity contribution in [2.45, 2.75) is 39.3 Å². The van der Waals surface area contributed by atoms with Gasteiger partial charge in [0.15, 0.2) is 0 Å². The van der Waals surface area contributed by atoms with Crippen LogP contribution < -0.4 is 21.4 Å². The van der Waals surface area contributed by atoms with Crippen LogP contribution in [0.25, 0.3) is 0 Å². The molecule has 180 valence electrons. The summed E-state index contributed by atoms with van der Waals surface area (Å²) in [6.45, 7) is 2.68. The van der Waals surface area contributed by atoms with Gasteiger partial charge >= 0.3 is 23.3 Å². The molecule has 0 saturated heterocycles. The SMILES string of the molecule is CCCOc1ccc(Nc2nc(=O)n(CC(F)(F)C(=O)O)c(=O)n2Cc2ccc(C)cc2)cc1. The number of halogens is 2. The van der Waals surface area contributed by atoms with Crippen LogP contribution in [0.5, 0.6) is 5.75 Å². The Labute approximate surface area is 193 Å². The molecule has 2 N–H and O–H groups in total. The van der Waals surface area contributed by atoms with Gasteiger partial charge < -0.3 is 15.2 Å². The highest BCUT2D eigenvalue weighted by Crippen LogP contribution is 2.20. The second kappa shape index (κ2) is 10.3. The monoisotopic (exact) mass is 474 g/mol. The Morgan fingerprint density at radius 2 is 1.74 bits per heavy atom. The number of carbonyl (C=O) groups is 1. The molecule has 0 atom stereocenters. The number of ether oxygens (including phenoxy) is 1. The summed E-state index contributed by atoms with van der Waals surface area (Å²) < 4.78 is 34.3. The molecule has 0 saturated carbocycles. The smallest absolute Gasteiger partial charge is 0.376 e. The van der Waals surface area contributed by atoms with Crippen molar-refractivity contribution in [3.8, 4) is 5.75 Å². The van der Waals surface area contributed by atoms with E-state index in [1.165, 1.54) is 0 Å². The van der Waals surface area contributed by atoms with Crippen LogP contribution in [0.2, 0.25) is 0 Å². The highest BCUT2D eigenvalue weighted by atomic mass is 19.3. The number of benzene rings is 2. The molecule has 3 rings (SSSR count). The van der Waals surface area contributed by atoms with Crippen LogP contribution in [-0.4, -0.2) is 37.7 Å². The first kappa shape index (κ1) is 24.6. The number of alkyl halides is 2. The Kier molecular flexibility index (Phi) is 7.44. The van der Waals surface area contributed by atoms with Gasteiger partial charge in [-0.1, -0.05) is 36.8 Å². The van der Waals surface area contributed by atoms with Gasteiger partial charge in [-0.2, -0.15) is 13.8 Å². The minimum Gasteiger partial charge on any atom is -0.494 e. The van der Waals surface area contributed by atoms with Crippen LogP contribution in [0.3, 0.4) is 0 Å². The van der Waals surface area contributed by atoms with E-state index in [1.807, 2.05) is 26.0 Å². The van der Waals surface area contributed by atoms with Crippen molar-refractivity contribution in [3.05, 3.63) is 80.6 Å². The van der Waals surface area contributed by atoms with Crippen LogP contribution in [0.15, 0.2) is 58.1 Å². The Morgan fingerprint density at radius 3 is 2.32 bits per heavy atom. The van der Waals surface area contributed by atoms with Crippen LogP contribution in [0.4, 0.5) is 20.4 Å². The summed E-state index contributed by atoms with van der Waals surface area (Å²) in [5.41, 5.74) is -0.315. The summed E-state index contributed by atoms with van der Waals surface area (Å²) in [5, 5.41) is 11.6. The fraction of sp³-hybridized carbons (Fsp3) is 0.304. The van der Waals surface area contributed by atoms with E-state index in [0.29, 0.717) is 23.6 Å². The first-order chi connectivity index (χ1) is 16.1. The van der Waals surface area contributed by atoms with Crippen molar-refractivity contribution in [2.24, 2.45) is 0 Å². The molecule has 0 fully saturated rings. The molecule has 0 amide bonds. The van der Waals surface area contributed by atoms with Gasteiger partial charge in [-0.25, -0.2) is 19.0 Å². The third-order valence-corrected chi connectivity index (χ3v) is 4.86. The van der Waals surface area contributed by atoms with Crippen molar-refractivity contribution in [3.63, 3.8) is 0 Å². The molecular weight excluding hydrogens is 450 g/mol. The Hall–Kier alpha value is -4.02. The van der Waals surface area contributed by atoms with Gasteiger partial charge in [0, 0.05) is 5.69 Å². The van der Waals surface area contributed by atoms with Crippen molar-refractivity contribution in [1.29, 1.82) is 0 Å². The summed E-state index contributed by atoms with van der Waals surface area (Å²) in [7, 11) is 0. The van der Waals surface area contributed by atoms with Gasteiger partial charge in [-0.3, -0.25) is 4.57 Å². The quantitative estimate of drug-likeness (QED) is 0.464. The van der Waals surface area contributed by atoms with Gasteiger partial charge in [0.2, 0.25) is 5.95 Å². The number of rotatable bonds is 10. The number of aryl methyl sites for hydroxylation is 1. The second-order valence-electron chi connectivity index (χ2n) is 7.67. The minimum atomic E-state index is -4.32. The zero-order valence-electron chi connectivity index (χ0n) is 18.6. The number of hydrogen-bond donors (Lipinski definition) is 2. The van der Waals surface area contributed by atoms with Gasteiger partial charge in [0.1, 0.15) is 12.3 Å². The lowest BCUT2D eigenvalue weighted by atomic mass is 10.1. The highest BCUT2D eigenvalue weighted by molar-refractivity contribution is 5.75. The molecule has 3 aromatic rings. The Balaban J connectivity index is 2.03. The van der Waals surface area contributed by atoms with Crippen molar-refractivity contribution in [1.82, 2.24) is 14.1 Å². The first-order valence-corrected chi connectivity index (χ1v) is 10.5. The number of carboxylic acid groups (broad SMARTS) is 1. The molecule has 0 aliphatic rings. The molecule has 34 heavy (non-hydrogen) atoms. The minimum absolute atomic E-state index is 0.0922. The molecule has 0 spiro atoms. The molecule has 0 aliphatic heterocycles. The Bertz CT molecular complexity index is 1270. The maximum atomic E-state index is 13.8. The zero-order valence-corrected chi connectivity index (χ0v) is 18.6. The zero-order chi connectivity index (χ0) is 24.9. The van der Waals surface area contributed by atoms with Crippen molar-refractivity contribution >= 4 is 17.6 Å². The third kappa shape index (κ3) is 5.85. The fourth-order valence-corrected chi connectivity index (χ4v) is 3.03. The van der Waals surface area contributed by atoms with E-state index >= 15 is 0 Å². The van der Waals surface area contributed by atoms with E-state index in [4.69, 9.17) is 9.84 Å². The lowest BCUT2D eigenvalue weighted by Crippen LogP contribution is -2.48. The van der Waals surface area contributed by atoms with Gasteiger partial charge in [-0.15, -0.1) is 0 Å². The van der Waals surface area contributed by atoms with Crippen LogP contribution in [0, 0.1) is 6.92 Å². The van der Waals surface area contributed by atoms with E-state index in [-0.39, 0.29) is 17.1 Å². The average Bonchev–Trinajstić information content (AvgIpc) is 2.80. The average molecular weight is 474 g/mol. The molecule has 2 aromatic carbocycles. The van der Waals surface area contributed by atoms with Crippen molar-refractivity contribution in [2.75, 3.05) is 11.9 Å². The largest absolute Gasteiger partial charge is 0.494 e. The second-order valence-corrected chi connectivity index (χ2v) is 7.67. The third-order valence-electron chi connectivity index (χ3n) is 4.86. The van der Waals surface area contributed by atoms with E-state index in [0.717, 1.165) is 16.6 Å². The van der Waals surface area contributed by atoms with E-state index < -0.39 is 29.8 Å². The summed E-state index contributed by atoms with van der Waals surface area (Å²) in [6.07, 6.45) is 0.840. The summed E-state index contributed by atoms with van der Waals surface area (Å²) in [6, 6.07) is 13.8. The Morgan fingerprint density at radius 1 is 1.09 bits per heavy atom. The normalized spacial score (nSPS) is 11.3. The number of aromatic nitrogens is 3. The van der Waals surface area contributed by atoms with E-state index in [1.54, 1.807) is 36.4 Å². The number of hydrogen-bond acceptors (Lipinski definition) is 6. The van der Waals surface area contributed by atoms with E-state index in [2.05, 4.69) is 10.3 Å². The predicted octanol–water partition coefficient (Wildman–Crippen LogP) is 3.01. The number of nitrogens with zero attached hydrogens (tertiary/aromatic N) is 3. The highest BCUT2D eigenvalue weighted by Gasteiger charge is 2.40. The van der Waals surface area contributed by atoms with Gasteiger partial charge in [-0.05, 0) is 43.2 Å². The molecule has 1 heterocycles. The van der Waals surface area contributed by atoms with Crippen LogP contribution in [-0.2, 0) is 17.9 Å². The van der Waals surface area contributed by atoms with Crippen LogP contribution in [0.1, 0.15) is 24.5 Å². The van der Waals surface area contributed by atoms with E-state index in [9.17, 15) is 23.2 Å². The topological polar surface area (TPSA) is 115 Å². The predicted molar refractivity (Wildman–Crippen MR) is 121 cm³/mol. The molecule has 1 aromatic heterocycles. The summed E-state index contributed by atoms with van der Waals surface area (Å²) in [4.78, 5) is 40.1. The lowest BCUT2D eigenvalue weighted by molar-refractivity contribution is -0.166. The summed E-state index contributed by atoms with van der Waals surface area (Å²) >= 11 is 0. The van der Waals surface area contributed by atoms with Gasteiger partial charge in [0.25, 0.3) is 0 Å². The first-order valence-electron chi connectivity index (χ1n) is 10.5. The van der Waals surface area contributed by atoms with Crippen LogP contribution >= 0.6 is 0 Å². The fourth-order valence-electron chi connectivity index (χ4n) is 3.03. The maximum absolute atomic E-state index is 13.8. The number of nitrogens with one attached hydrogen (secondary N) is 1. The molecule has 9 nitrogen and oxygen atoms in total. The molecule has 0 bridgehead atoms. The standard InChI is InChI=1S/C23H24F2N4O5/c1-3-12-34-18-10-8-17(9-11-18)26-20-27-21(32)29(14-23(24,25)19(30)31)22(33)28(20)13-16-6-4-15(2)5-7-16/h4-11H,3,12-14H2,1-2H3,(H,30,31)(H,26,27,32). The molecule has 0 radical (unpaired) electrons. The number of carboxylic acids is 1. The van der Waals surface area contributed by atoms with Crippen molar-refractivity contribution < 1.29 is 23.4 Å². The number of anilines is 2. The molecular formula is C23H24F2N4O5. The molecule has 0 aliphatic carbocycles. The molecule has 0 unspecified atom stereocenters. The molecule has 11 heteroatoms. The number of aliphatic carboxylic acids is 1.